The summed E-state index contributed by atoms with van der Waals surface area (Å²) in [6.07, 6.45) is 4.79. The number of fused-ring (bicyclic) bond motifs is 1. The number of aromatic nitrogens is 2. The van der Waals surface area contributed by atoms with Gasteiger partial charge in [-0.1, -0.05) is 6.08 Å². The molecule has 2 rings (SSSR count). The van der Waals surface area contributed by atoms with Crippen LogP contribution < -0.4 is 10.6 Å². The van der Waals surface area contributed by atoms with Gasteiger partial charge in [-0.3, -0.25) is 5.10 Å². The van der Waals surface area contributed by atoms with Crippen molar-refractivity contribution in [1.82, 2.24) is 10.2 Å². The van der Waals surface area contributed by atoms with Crippen molar-refractivity contribution in [1.29, 1.82) is 0 Å². The monoisotopic (exact) mass is 138 g/mol. The van der Waals surface area contributed by atoms with Crippen molar-refractivity contribution in [2.24, 2.45) is 0 Å². The van der Waals surface area contributed by atoms with Gasteiger partial charge in [0.2, 0.25) is 0 Å². The second-order valence-electron chi connectivity index (χ2n) is 2.35. The zero-order chi connectivity index (χ0) is 6.97. The number of aromatic amines is 1. The molecule has 0 amide bonds. The van der Waals surface area contributed by atoms with Crippen LogP contribution >= 0.6 is 0 Å². The molecule has 3 heteroatoms. The van der Waals surface area contributed by atoms with Gasteiger partial charge in [0.1, 0.15) is 5.83 Å². The predicted octanol–water partition coefficient (Wildman–Crippen LogP) is 0.0617. The van der Waals surface area contributed by atoms with Gasteiger partial charge in [0.05, 0.1) is 16.8 Å². The van der Waals surface area contributed by atoms with Gasteiger partial charge in [0, 0.05) is 6.42 Å². The van der Waals surface area contributed by atoms with Crippen LogP contribution in [0.1, 0.15) is 12.8 Å². The van der Waals surface area contributed by atoms with E-state index in [0.717, 1.165) is 11.8 Å². The fourth-order valence-corrected chi connectivity index (χ4v) is 1.15. The molecular weight excluding hydrogens is 131 g/mol. The molecule has 0 aromatic carbocycles. The SMILES string of the molecule is FC1=c2cn[nH]c2=CCC1. The molecule has 0 saturated carbocycles. The molecule has 0 unspecified atom stereocenters. The first-order valence-corrected chi connectivity index (χ1v) is 3.26. The number of rotatable bonds is 0. The number of hydrogen-bond donors (Lipinski definition) is 1. The largest absolute Gasteiger partial charge is 0.278 e. The van der Waals surface area contributed by atoms with Crippen molar-refractivity contribution in [2.45, 2.75) is 12.8 Å². The van der Waals surface area contributed by atoms with Gasteiger partial charge >= 0.3 is 0 Å². The summed E-state index contributed by atoms with van der Waals surface area (Å²) in [7, 11) is 0. The molecule has 0 spiro atoms. The minimum absolute atomic E-state index is 0.0498. The maximum atomic E-state index is 12.8. The number of nitrogens with zero attached hydrogens (tertiary/aromatic N) is 1. The van der Waals surface area contributed by atoms with Crippen LogP contribution in [0.2, 0.25) is 0 Å². The summed E-state index contributed by atoms with van der Waals surface area (Å²) in [5, 5.41) is 7.91. The van der Waals surface area contributed by atoms with Crippen LogP contribution in [0.3, 0.4) is 0 Å². The van der Waals surface area contributed by atoms with Crippen molar-refractivity contribution >= 4 is 11.9 Å². The summed E-state index contributed by atoms with van der Waals surface area (Å²) in [5.74, 6) is -0.0498. The lowest BCUT2D eigenvalue weighted by molar-refractivity contribution is 0.696. The molecule has 1 aromatic rings. The number of halogens is 1. The molecule has 1 aromatic heterocycles. The van der Waals surface area contributed by atoms with Gasteiger partial charge in [-0.15, -0.1) is 0 Å². The molecule has 0 bridgehead atoms. The molecule has 0 saturated heterocycles. The maximum Gasteiger partial charge on any atom is 0.111 e. The van der Waals surface area contributed by atoms with Crippen LogP contribution in [0, 0.1) is 0 Å². The van der Waals surface area contributed by atoms with E-state index in [1.165, 1.54) is 6.20 Å². The smallest absolute Gasteiger partial charge is 0.111 e. The van der Waals surface area contributed by atoms with Crippen LogP contribution in [0.4, 0.5) is 4.39 Å². The lowest BCUT2D eigenvalue weighted by atomic mass is 10.1. The molecule has 52 valence electrons. The highest BCUT2D eigenvalue weighted by Crippen LogP contribution is 2.07. The summed E-state index contributed by atoms with van der Waals surface area (Å²) in [5.41, 5.74) is 0. The Morgan fingerprint density at radius 1 is 1.60 bits per heavy atom. The average Bonchev–Trinajstić information content (AvgIpc) is 2.36. The summed E-state index contributed by atoms with van der Waals surface area (Å²) < 4.78 is 12.8. The molecule has 0 aliphatic heterocycles. The molecule has 1 heterocycles. The van der Waals surface area contributed by atoms with Crippen LogP contribution in [0.25, 0.3) is 11.9 Å². The van der Waals surface area contributed by atoms with Crippen LogP contribution in [0.15, 0.2) is 6.20 Å². The van der Waals surface area contributed by atoms with Crippen molar-refractivity contribution in [3.05, 3.63) is 16.8 Å². The highest BCUT2D eigenvalue weighted by Gasteiger charge is 2.02. The first kappa shape index (κ1) is 5.65. The minimum atomic E-state index is -0.0498. The third kappa shape index (κ3) is 0.667. The summed E-state index contributed by atoms with van der Waals surface area (Å²) >= 11 is 0. The van der Waals surface area contributed by atoms with E-state index in [1.807, 2.05) is 6.08 Å². The Balaban J connectivity index is 2.91. The topological polar surface area (TPSA) is 28.7 Å². The Labute approximate surface area is 57.1 Å². The Kier molecular flexibility index (Phi) is 1.09. The van der Waals surface area contributed by atoms with Gasteiger partial charge in [-0.2, -0.15) is 5.10 Å². The molecule has 0 atom stereocenters. The second-order valence-corrected chi connectivity index (χ2v) is 2.35. The number of hydrogen-bond acceptors (Lipinski definition) is 1. The van der Waals surface area contributed by atoms with Gasteiger partial charge in [-0.05, 0) is 6.42 Å². The lowest BCUT2D eigenvalue weighted by Crippen LogP contribution is -2.26. The molecule has 2 nitrogen and oxygen atoms in total. The maximum absolute atomic E-state index is 12.8. The number of nitrogens with one attached hydrogen (secondary N) is 1. The van der Waals surface area contributed by atoms with E-state index in [4.69, 9.17) is 0 Å². The van der Waals surface area contributed by atoms with Crippen LogP contribution in [0.5, 0.6) is 0 Å². The molecule has 0 radical (unpaired) electrons. The second kappa shape index (κ2) is 1.94. The molecule has 1 aliphatic rings. The van der Waals surface area contributed by atoms with E-state index in [-0.39, 0.29) is 5.83 Å². The molecule has 10 heavy (non-hydrogen) atoms. The summed E-state index contributed by atoms with van der Waals surface area (Å²) in [4.78, 5) is 0. The third-order valence-corrected chi connectivity index (χ3v) is 1.67. The van der Waals surface area contributed by atoms with E-state index in [9.17, 15) is 4.39 Å². The van der Waals surface area contributed by atoms with Gasteiger partial charge in [-0.25, -0.2) is 4.39 Å². The summed E-state index contributed by atoms with van der Waals surface area (Å²) in [6.45, 7) is 0. The van der Waals surface area contributed by atoms with Gasteiger partial charge < -0.3 is 0 Å². The standard InChI is InChI=1S/C7H7FN2/c8-6-2-1-3-7-5(6)4-9-10-7/h3-4,10H,1-2H2. The summed E-state index contributed by atoms with van der Waals surface area (Å²) in [6, 6.07) is 0. The van der Waals surface area contributed by atoms with Crippen molar-refractivity contribution in [2.75, 3.05) is 0 Å². The zero-order valence-electron chi connectivity index (χ0n) is 5.39. The van der Waals surface area contributed by atoms with E-state index in [0.29, 0.717) is 11.6 Å². The van der Waals surface area contributed by atoms with Crippen molar-refractivity contribution < 1.29 is 4.39 Å². The molecule has 0 fully saturated rings. The lowest BCUT2D eigenvalue weighted by Gasteiger charge is -1.95. The highest BCUT2D eigenvalue weighted by atomic mass is 19.1. The predicted molar refractivity (Wildman–Crippen MR) is 36.1 cm³/mol. The Bertz CT molecular complexity index is 350. The van der Waals surface area contributed by atoms with Crippen LogP contribution in [-0.2, 0) is 0 Å². The van der Waals surface area contributed by atoms with Gasteiger partial charge in [0.25, 0.3) is 0 Å². The van der Waals surface area contributed by atoms with E-state index >= 15 is 0 Å². The molecule has 1 aliphatic carbocycles. The van der Waals surface area contributed by atoms with E-state index < -0.39 is 0 Å². The highest BCUT2D eigenvalue weighted by molar-refractivity contribution is 5.42. The van der Waals surface area contributed by atoms with Crippen molar-refractivity contribution in [3.8, 4) is 0 Å². The Morgan fingerprint density at radius 2 is 2.50 bits per heavy atom. The molecule has 1 N–H and O–H groups in total. The van der Waals surface area contributed by atoms with Crippen molar-refractivity contribution in [3.63, 3.8) is 0 Å². The quantitative estimate of drug-likeness (QED) is 0.539. The number of H-pyrrole nitrogens is 1. The molecular formula is C7H7FN2. The first-order valence-electron chi connectivity index (χ1n) is 3.26. The average molecular weight is 138 g/mol. The normalized spacial score (nSPS) is 16.3. The minimum Gasteiger partial charge on any atom is -0.278 e. The van der Waals surface area contributed by atoms with Crippen LogP contribution in [-0.4, -0.2) is 10.2 Å². The van der Waals surface area contributed by atoms with E-state index in [2.05, 4.69) is 10.2 Å². The third-order valence-electron chi connectivity index (χ3n) is 1.67. The van der Waals surface area contributed by atoms with E-state index in [1.54, 1.807) is 0 Å². The van der Waals surface area contributed by atoms with Gasteiger partial charge in [0.15, 0.2) is 0 Å². The fourth-order valence-electron chi connectivity index (χ4n) is 1.15. The Morgan fingerprint density at radius 3 is 3.30 bits per heavy atom. The first-order chi connectivity index (χ1) is 4.88. The fraction of sp³-hybridized carbons (Fsp3) is 0.286. The Hall–Kier alpha value is -1.12. The zero-order valence-corrected chi connectivity index (χ0v) is 5.39.